The number of aryl methyl sites for hydroxylation is 2. The molecule has 0 aromatic heterocycles. The molecule has 1 aromatic carbocycles. The number of carbonyl (C=O) groups excluding carboxylic acids is 2. The molecule has 0 unspecified atom stereocenters. The number of rotatable bonds is 2. The Labute approximate surface area is 113 Å². The van der Waals surface area contributed by atoms with Crippen LogP contribution in [0.5, 0.6) is 5.75 Å². The Morgan fingerprint density at radius 3 is 2.68 bits per heavy atom. The van der Waals surface area contributed by atoms with Gasteiger partial charge in [0.05, 0.1) is 19.2 Å². The largest absolute Gasteiger partial charge is 0.496 e. The van der Waals surface area contributed by atoms with Gasteiger partial charge in [0.25, 0.3) is 5.91 Å². The zero-order chi connectivity index (χ0) is 14.0. The van der Waals surface area contributed by atoms with Gasteiger partial charge in [0.2, 0.25) is 0 Å². The highest BCUT2D eigenvalue weighted by atomic mass is 16.5. The number of carbonyl (C=O) groups is 2. The Balaban J connectivity index is 2.35. The summed E-state index contributed by atoms with van der Waals surface area (Å²) in [7, 11) is 1.57. The number of Topliss-reactive ketones (excluding diaryl/α,β-unsaturated/α-hetero) is 1. The van der Waals surface area contributed by atoms with E-state index >= 15 is 0 Å². The number of amides is 1. The van der Waals surface area contributed by atoms with Crippen LogP contribution in [0.25, 0.3) is 0 Å². The highest BCUT2D eigenvalue weighted by Gasteiger charge is 2.25. The van der Waals surface area contributed by atoms with E-state index in [0.29, 0.717) is 24.3 Å². The predicted molar refractivity (Wildman–Crippen MR) is 72.6 cm³/mol. The number of hydrogen-bond donors (Lipinski definition) is 0. The Kier molecular flexibility index (Phi) is 3.88. The van der Waals surface area contributed by atoms with Crippen LogP contribution >= 0.6 is 0 Å². The fourth-order valence-electron chi connectivity index (χ4n) is 2.57. The van der Waals surface area contributed by atoms with Crippen LogP contribution in [0.3, 0.4) is 0 Å². The lowest BCUT2D eigenvalue weighted by molar-refractivity contribution is -0.121. The molecule has 1 aliphatic heterocycles. The number of benzene rings is 1. The Morgan fingerprint density at radius 1 is 1.32 bits per heavy atom. The predicted octanol–water partition coefficient (Wildman–Crippen LogP) is 2.12. The van der Waals surface area contributed by atoms with Crippen LogP contribution < -0.4 is 4.74 Å². The first kappa shape index (κ1) is 13.6. The summed E-state index contributed by atoms with van der Waals surface area (Å²) in [5.41, 5.74) is 2.51. The van der Waals surface area contributed by atoms with Gasteiger partial charge in [-0.05, 0) is 37.5 Å². The molecule has 1 heterocycles. The van der Waals surface area contributed by atoms with Crippen molar-refractivity contribution in [1.82, 2.24) is 4.90 Å². The number of hydrogen-bond acceptors (Lipinski definition) is 3. The van der Waals surface area contributed by atoms with Crippen molar-refractivity contribution in [3.63, 3.8) is 0 Å². The maximum Gasteiger partial charge on any atom is 0.258 e. The van der Waals surface area contributed by atoms with E-state index in [1.54, 1.807) is 12.0 Å². The zero-order valence-electron chi connectivity index (χ0n) is 11.7. The molecule has 0 aliphatic carbocycles. The molecule has 0 saturated carbocycles. The normalized spacial score (nSPS) is 15.5. The monoisotopic (exact) mass is 261 g/mol. The second-order valence-electron chi connectivity index (χ2n) is 5.03. The third kappa shape index (κ3) is 2.78. The van der Waals surface area contributed by atoms with Gasteiger partial charge < -0.3 is 9.64 Å². The quantitative estimate of drug-likeness (QED) is 0.819. The van der Waals surface area contributed by atoms with Crippen LogP contribution in [0.4, 0.5) is 0 Å². The average Bonchev–Trinajstić information content (AvgIpc) is 2.37. The van der Waals surface area contributed by atoms with E-state index in [4.69, 9.17) is 4.74 Å². The summed E-state index contributed by atoms with van der Waals surface area (Å²) in [5.74, 6) is 0.619. The van der Waals surface area contributed by atoms with Gasteiger partial charge in [-0.2, -0.15) is 0 Å². The SMILES string of the molecule is COc1c(C)cc(C)cc1C(=O)N1CCCC(=O)C1. The molecule has 2 rings (SSSR count). The lowest BCUT2D eigenvalue weighted by Gasteiger charge is -2.27. The highest BCUT2D eigenvalue weighted by molar-refractivity contribution is 6.00. The summed E-state index contributed by atoms with van der Waals surface area (Å²) in [6.07, 6.45) is 1.32. The van der Waals surface area contributed by atoms with Crippen molar-refractivity contribution in [2.24, 2.45) is 0 Å². The van der Waals surface area contributed by atoms with Crippen LogP contribution in [0, 0.1) is 13.8 Å². The lowest BCUT2D eigenvalue weighted by atomic mass is 10.0. The van der Waals surface area contributed by atoms with Crippen LogP contribution in [0.2, 0.25) is 0 Å². The number of nitrogens with zero attached hydrogens (tertiary/aromatic N) is 1. The molecule has 102 valence electrons. The first-order chi connectivity index (χ1) is 9.02. The van der Waals surface area contributed by atoms with Crippen LogP contribution in [-0.4, -0.2) is 36.8 Å². The molecule has 0 spiro atoms. The summed E-state index contributed by atoms with van der Waals surface area (Å²) in [6, 6.07) is 3.81. The molecular weight excluding hydrogens is 242 g/mol. The van der Waals surface area contributed by atoms with E-state index in [9.17, 15) is 9.59 Å². The molecule has 0 atom stereocenters. The minimum absolute atomic E-state index is 0.114. The molecule has 1 amide bonds. The molecule has 0 N–H and O–H groups in total. The first-order valence-corrected chi connectivity index (χ1v) is 6.49. The van der Waals surface area contributed by atoms with E-state index in [-0.39, 0.29) is 18.2 Å². The van der Waals surface area contributed by atoms with Crippen molar-refractivity contribution < 1.29 is 14.3 Å². The van der Waals surface area contributed by atoms with Crippen LogP contribution in [0.15, 0.2) is 12.1 Å². The van der Waals surface area contributed by atoms with Gasteiger partial charge in [-0.25, -0.2) is 0 Å². The Hall–Kier alpha value is -1.84. The maximum atomic E-state index is 12.5. The smallest absolute Gasteiger partial charge is 0.258 e. The molecule has 1 fully saturated rings. The van der Waals surface area contributed by atoms with Crippen LogP contribution in [0.1, 0.15) is 34.3 Å². The fraction of sp³-hybridized carbons (Fsp3) is 0.467. The van der Waals surface area contributed by atoms with Gasteiger partial charge in [-0.1, -0.05) is 6.07 Å². The summed E-state index contributed by atoms with van der Waals surface area (Å²) in [5, 5.41) is 0. The molecule has 0 bridgehead atoms. The van der Waals surface area contributed by atoms with E-state index in [1.807, 2.05) is 26.0 Å². The van der Waals surface area contributed by atoms with Crippen molar-refractivity contribution in [3.05, 3.63) is 28.8 Å². The standard InChI is InChI=1S/C15H19NO3/c1-10-7-11(2)14(19-3)13(8-10)15(18)16-6-4-5-12(17)9-16/h7-8H,4-6,9H2,1-3H3. The zero-order valence-corrected chi connectivity index (χ0v) is 11.7. The number of ketones is 1. The number of piperidine rings is 1. The molecule has 1 aromatic rings. The number of ether oxygens (including phenoxy) is 1. The van der Waals surface area contributed by atoms with E-state index in [0.717, 1.165) is 17.5 Å². The molecule has 0 radical (unpaired) electrons. The van der Waals surface area contributed by atoms with Gasteiger partial charge >= 0.3 is 0 Å². The summed E-state index contributed by atoms with van der Waals surface area (Å²) in [6.45, 7) is 4.73. The van der Waals surface area contributed by atoms with E-state index in [2.05, 4.69) is 0 Å². The van der Waals surface area contributed by atoms with Crippen molar-refractivity contribution >= 4 is 11.7 Å². The van der Waals surface area contributed by atoms with Gasteiger partial charge in [-0.15, -0.1) is 0 Å². The van der Waals surface area contributed by atoms with Crippen molar-refractivity contribution in [2.45, 2.75) is 26.7 Å². The summed E-state index contributed by atoms with van der Waals surface area (Å²) < 4.78 is 5.34. The van der Waals surface area contributed by atoms with Gasteiger partial charge in [0.1, 0.15) is 5.75 Å². The molecule has 1 saturated heterocycles. The minimum atomic E-state index is -0.114. The second kappa shape index (κ2) is 5.43. The van der Waals surface area contributed by atoms with Gasteiger partial charge in [-0.3, -0.25) is 9.59 Å². The second-order valence-corrected chi connectivity index (χ2v) is 5.03. The Bertz CT molecular complexity index is 522. The molecule has 19 heavy (non-hydrogen) atoms. The minimum Gasteiger partial charge on any atom is -0.496 e. The molecule has 4 nitrogen and oxygen atoms in total. The molecular formula is C15H19NO3. The third-order valence-corrected chi connectivity index (χ3v) is 3.39. The first-order valence-electron chi connectivity index (χ1n) is 6.49. The number of methoxy groups -OCH3 is 1. The summed E-state index contributed by atoms with van der Waals surface area (Å²) >= 11 is 0. The lowest BCUT2D eigenvalue weighted by Crippen LogP contribution is -2.40. The van der Waals surface area contributed by atoms with E-state index < -0.39 is 0 Å². The summed E-state index contributed by atoms with van der Waals surface area (Å²) in [4.78, 5) is 25.6. The molecule has 1 aliphatic rings. The van der Waals surface area contributed by atoms with Gasteiger partial charge in [0, 0.05) is 13.0 Å². The highest BCUT2D eigenvalue weighted by Crippen LogP contribution is 2.27. The van der Waals surface area contributed by atoms with Crippen molar-refractivity contribution in [2.75, 3.05) is 20.2 Å². The Morgan fingerprint density at radius 2 is 2.05 bits per heavy atom. The van der Waals surface area contributed by atoms with Crippen molar-refractivity contribution in [3.8, 4) is 5.75 Å². The fourth-order valence-corrected chi connectivity index (χ4v) is 2.57. The van der Waals surface area contributed by atoms with Gasteiger partial charge in [0.15, 0.2) is 5.78 Å². The average molecular weight is 261 g/mol. The topological polar surface area (TPSA) is 46.6 Å². The maximum absolute atomic E-state index is 12.5. The van der Waals surface area contributed by atoms with E-state index in [1.165, 1.54) is 0 Å². The molecule has 4 heteroatoms. The van der Waals surface area contributed by atoms with Crippen LogP contribution in [-0.2, 0) is 4.79 Å². The number of likely N-dealkylation sites (tertiary alicyclic amines) is 1. The third-order valence-electron chi connectivity index (χ3n) is 3.39. The van der Waals surface area contributed by atoms with Crippen molar-refractivity contribution in [1.29, 1.82) is 0 Å².